The molecule has 1 aliphatic heterocycles. The van der Waals surface area contributed by atoms with Crippen LogP contribution in [0.2, 0.25) is 0 Å². The Hall–Kier alpha value is -1.86. The van der Waals surface area contributed by atoms with Crippen LogP contribution in [0.3, 0.4) is 0 Å². The third kappa shape index (κ3) is 2.86. The van der Waals surface area contributed by atoms with Crippen LogP contribution in [-0.2, 0) is 9.53 Å². The van der Waals surface area contributed by atoms with Crippen molar-refractivity contribution < 1.29 is 18.7 Å². The molecule has 1 aliphatic rings. The predicted molar refractivity (Wildman–Crippen MR) is 87.7 cm³/mol. The van der Waals surface area contributed by atoms with Crippen LogP contribution in [0.15, 0.2) is 54.6 Å². The number of carbonyl (C=O) groups excluding carboxylic acids is 1. The smallest absolute Gasteiger partial charge is 0.363 e. The zero-order valence-corrected chi connectivity index (χ0v) is 14.5. The molecule has 0 saturated heterocycles. The molecule has 3 rings (SSSR count). The van der Waals surface area contributed by atoms with Crippen LogP contribution < -0.4 is 4.74 Å². The van der Waals surface area contributed by atoms with Crippen LogP contribution in [0, 0.1) is 0 Å². The van der Waals surface area contributed by atoms with E-state index in [0.29, 0.717) is 17.1 Å². The summed E-state index contributed by atoms with van der Waals surface area (Å²) < 4.78 is 17.2. The molecule has 0 atom stereocenters. The van der Waals surface area contributed by atoms with Gasteiger partial charge in [0, 0.05) is 10.0 Å². The predicted octanol–water partition coefficient (Wildman–Crippen LogP) is 4.16. The highest BCUT2D eigenvalue weighted by Crippen LogP contribution is 2.34. The fraction of sp³-hybridized carbons (Fsp3) is 0.0667. The lowest BCUT2D eigenvalue weighted by molar-refractivity contribution is -0.130. The number of furan rings is 1. The summed E-state index contributed by atoms with van der Waals surface area (Å²) in [6.45, 7) is 0. The minimum atomic E-state index is -0.537. The fourth-order valence-corrected chi connectivity index (χ4v) is 3.39. The van der Waals surface area contributed by atoms with E-state index in [2.05, 4.69) is 36.9 Å². The van der Waals surface area contributed by atoms with Gasteiger partial charge in [-0.3, -0.25) is 0 Å². The number of ether oxygens (including phenoxy) is 2. The molecular weight excluding hydrogens is 418 g/mol. The Balaban J connectivity index is 2.04. The van der Waals surface area contributed by atoms with Crippen molar-refractivity contribution in [3.63, 3.8) is 0 Å². The number of rotatable bonds is 3. The van der Waals surface area contributed by atoms with Crippen LogP contribution in [0.25, 0.3) is 6.08 Å². The Morgan fingerprint density at radius 3 is 2.82 bits per heavy atom. The second-order valence-corrected chi connectivity index (χ2v) is 6.09. The molecule has 22 heavy (non-hydrogen) atoms. The number of esters is 1. The number of halogens is 2. The van der Waals surface area contributed by atoms with E-state index in [9.17, 15) is 4.79 Å². The molecule has 0 N–H and O–H groups in total. The van der Waals surface area contributed by atoms with Crippen molar-refractivity contribution in [1.29, 1.82) is 0 Å². The molecule has 0 bridgehead atoms. The quantitative estimate of drug-likeness (QED) is 0.546. The normalized spacial score (nSPS) is 15.9. The van der Waals surface area contributed by atoms with Crippen molar-refractivity contribution in [2.45, 2.75) is 0 Å². The molecule has 0 aliphatic carbocycles. The largest absolute Gasteiger partial charge is 0.495 e. The first kappa shape index (κ1) is 15.1. The van der Waals surface area contributed by atoms with E-state index in [4.69, 9.17) is 13.9 Å². The van der Waals surface area contributed by atoms with E-state index in [1.54, 1.807) is 25.3 Å². The topological polar surface area (TPSA) is 61.0 Å². The molecule has 112 valence electrons. The van der Waals surface area contributed by atoms with Gasteiger partial charge in [0.25, 0.3) is 5.90 Å². The Morgan fingerprint density at radius 1 is 1.32 bits per heavy atom. The number of carbonyl (C=O) groups is 1. The van der Waals surface area contributed by atoms with Crippen molar-refractivity contribution >= 4 is 49.8 Å². The molecule has 0 fully saturated rings. The van der Waals surface area contributed by atoms with Crippen molar-refractivity contribution in [3.05, 3.63) is 56.5 Å². The van der Waals surface area contributed by atoms with E-state index < -0.39 is 5.97 Å². The molecule has 0 amide bonds. The van der Waals surface area contributed by atoms with Crippen LogP contribution in [0.1, 0.15) is 11.3 Å². The molecule has 1 aromatic heterocycles. The number of benzene rings is 1. The van der Waals surface area contributed by atoms with Gasteiger partial charge in [-0.05, 0) is 46.3 Å². The van der Waals surface area contributed by atoms with E-state index in [1.807, 2.05) is 12.1 Å². The highest BCUT2D eigenvalue weighted by molar-refractivity contribution is 9.11. The van der Waals surface area contributed by atoms with Gasteiger partial charge >= 0.3 is 5.97 Å². The molecular formula is C15H9Br2NO4. The lowest BCUT2D eigenvalue weighted by Crippen LogP contribution is -2.04. The molecule has 2 aromatic rings. The lowest BCUT2D eigenvalue weighted by atomic mass is 10.1. The summed E-state index contributed by atoms with van der Waals surface area (Å²) in [6, 6.07) is 7.04. The number of nitrogens with zero attached hydrogens (tertiary/aromatic N) is 1. The first-order valence-corrected chi connectivity index (χ1v) is 7.76. The van der Waals surface area contributed by atoms with Gasteiger partial charge in [-0.1, -0.05) is 15.9 Å². The summed E-state index contributed by atoms with van der Waals surface area (Å²) in [5.41, 5.74) is 0.870. The molecule has 7 heteroatoms. The minimum absolute atomic E-state index is 0.147. The van der Waals surface area contributed by atoms with Crippen molar-refractivity contribution in [1.82, 2.24) is 0 Å². The third-order valence-corrected chi connectivity index (χ3v) is 3.93. The Bertz CT molecular complexity index is 794. The number of methoxy groups -OCH3 is 1. The first-order valence-electron chi connectivity index (χ1n) is 6.18. The summed E-state index contributed by atoms with van der Waals surface area (Å²) >= 11 is 6.82. The summed E-state index contributed by atoms with van der Waals surface area (Å²) in [6.07, 6.45) is 3.09. The van der Waals surface area contributed by atoms with Gasteiger partial charge in [-0.25, -0.2) is 9.79 Å². The molecule has 1 aromatic carbocycles. The van der Waals surface area contributed by atoms with Gasteiger partial charge in [0.15, 0.2) is 11.5 Å². The summed E-state index contributed by atoms with van der Waals surface area (Å²) in [5, 5.41) is 0. The molecule has 5 nitrogen and oxygen atoms in total. The maximum Gasteiger partial charge on any atom is 0.363 e. The van der Waals surface area contributed by atoms with E-state index in [0.717, 1.165) is 8.95 Å². The minimum Gasteiger partial charge on any atom is -0.495 e. The van der Waals surface area contributed by atoms with Gasteiger partial charge in [-0.15, -0.1) is 0 Å². The highest BCUT2D eigenvalue weighted by atomic mass is 79.9. The maximum atomic E-state index is 11.9. The van der Waals surface area contributed by atoms with Crippen molar-refractivity contribution in [3.8, 4) is 5.75 Å². The SMILES string of the molecule is COc1c(Br)cc(Br)cc1/C=C1\N=C(c2ccco2)OC1=O. The molecule has 0 radical (unpaired) electrons. The summed E-state index contributed by atoms with van der Waals surface area (Å²) in [7, 11) is 1.56. The molecule has 0 saturated carbocycles. The summed E-state index contributed by atoms with van der Waals surface area (Å²) in [5.74, 6) is 0.614. The Morgan fingerprint density at radius 2 is 2.14 bits per heavy atom. The number of hydrogen-bond acceptors (Lipinski definition) is 5. The fourth-order valence-electron chi connectivity index (χ4n) is 1.96. The molecule has 0 unspecified atom stereocenters. The standard InChI is InChI=1S/C15H9Br2NO4/c1-20-13-8(5-9(16)7-10(13)17)6-11-15(19)22-14(18-11)12-3-2-4-21-12/h2-7H,1H3/b11-6-. The lowest BCUT2D eigenvalue weighted by Gasteiger charge is -2.08. The maximum absolute atomic E-state index is 11.9. The van der Waals surface area contributed by atoms with Gasteiger partial charge in [0.1, 0.15) is 5.75 Å². The monoisotopic (exact) mass is 425 g/mol. The average molecular weight is 427 g/mol. The zero-order chi connectivity index (χ0) is 15.7. The third-order valence-electron chi connectivity index (χ3n) is 2.89. The molecule has 2 heterocycles. The number of aliphatic imine (C=N–C) groups is 1. The van der Waals surface area contributed by atoms with Crippen LogP contribution >= 0.6 is 31.9 Å². The Kier molecular flexibility index (Phi) is 4.17. The van der Waals surface area contributed by atoms with E-state index >= 15 is 0 Å². The van der Waals surface area contributed by atoms with Gasteiger partial charge in [-0.2, -0.15) is 0 Å². The highest BCUT2D eigenvalue weighted by Gasteiger charge is 2.26. The molecule has 0 spiro atoms. The van der Waals surface area contributed by atoms with Crippen LogP contribution in [0.4, 0.5) is 0 Å². The van der Waals surface area contributed by atoms with Gasteiger partial charge in [0.2, 0.25) is 0 Å². The van der Waals surface area contributed by atoms with Crippen molar-refractivity contribution in [2.24, 2.45) is 4.99 Å². The summed E-state index contributed by atoms with van der Waals surface area (Å²) in [4.78, 5) is 16.1. The Labute approximate surface area is 142 Å². The van der Waals surface area contributed by atoms with Gasteiger partial charge in [0.05, 0.1) is 17.8 Å². The van der Waals surface area contributed by atoms with Crippen LogP contribution in [0.5, 0.6) is 5.75 Å². The average Bonchev–Trinajstić information content (AvgIpc) is 3.09. The zero-order valence-electron chi connectivity index (χ0n) is 11.3. The second-order valence-electron chi connectivity index (χ2n) is 4.32. The van der Waals surface area contributed by atoms with E-state index in [1.165, 1.54) is 6.26 Å². The van der Waals surface area contributed by atoms with E-state index in [-0.39, 0.29) is 11.6 Å². The number of hydrogen-bond donors (Lipinski definition) is 0. The second kappa shape index (κ2) is 6.10. The first-order chi connectivity index (χ1) is 10.6. The number of cyclic esters (lactones) is 1. The van der Waals surface area contributed by atoms with Gasteiger partial charge < -0.3 is 13.9 Å². The van der Waals surface area contributed by atoms with Crippen molar-refractivity contribution in [2.75, 3.05) is 7.11 Å². The van der Waals surface area contributed by atoms with Crippen LogP contribution in [-0.4, -0.2) is 19.0 Å².